The van der Waals surface area contributed by atoms with Gasteiger partial charge in [0, 0.05) is 32.0 Å². The van der Waals surface area contributed by atoms with Crippen LogP contribution in [0.15, 0.2) is 53.6 Å². The standard InChI is InChI=1S/C18H19N5O2/c1-25-16-6-4-15(5-7-16)23-18(24)22-10-9-21(13-17(22)20-23)12-14-3-2-8-19-11-14/h2-8,11H,9-10,12-13H2,1H3. The Bertz CT molecular complexity index is 915. The third-order valence-electron chi connectivity index (χ3n) is 4.39. The Morgan fingerprint density at radius 2 is 2.00 bits per heavy atom. The van der Waals surface area contributed by atoms with Gasteiger partial charge in [0.1, 0.15) is 11.6 Å². The van der Waals surface area contributed by atoms with Gasteiger partial charge < -0.3 is 4.74 Å². The Kier molecular flexibility index (Phi) is 4.07. The van der Waals surface area contributed by atoms with Gasteiger partial charge in [-0.2, -0.15) is 4.68 Å². The topological polar surface area (TPSA) is 65.2 Å². The van der Waals surface area contributed by atoms with Crippen LogP contribution in [0.3, 0.4) is 0 Å². The SMILES string of the molecule is COc1ccc(-n2nc3n(c2=O)CCN(Cc2cccnc2)C3)cc1. The fourth-order valence-electron chi connectivity index (χ4n) is 3.08. The number of ether oxygens (including phenoxy) is 1. The van der Waals surface area contributed by atoms with Crippen LogP contribution in [0, 0.1) is 0 Å². The summed E-state index contributed by atoms with van der Waals surface area (Å²) < 4.78 is 8.38. The highest BCUT2D eigenvalue weighted by Gasteiger charge is 2.22. The lowest BCUT2D eigenvalue weighted by Crippen LogP contribution is -2.37. The van der Waals surface area contributed by atoms with Crippen molar-refractivity contribution in [3.8, 4) is 11.4 Å². The average Bonchev–Trinajstić information content (AvgIpc) is 2.99. The van der Waals surface area contributed by atoms with Gasteiger partial charge in [-0.1, -0.05) is 6.07 Å². The number of hydrogen-bond acceptors (Lipinski definition) is 5. The molecule has 0 N–H and O–H groups in total. The van der Waals surface area contributed by atoms with Gasteiger partial charge in [-0.3, -0.25) is 14.5 Å². The van der Waals surface area contributed by atoms with Crippen LogP contribution < -0.4 is 10.4 Å². The highest BCUT2D eigenvalue weighted by atomic mass is 16.5. The third kappa shape index (κ3) is 3.06. The molecule has 25 heavy (non-hydrogen) atoms. The van der Waals surface area contributed by atoms with E-state index in [9.17, 15) is 4.79 Å². The van der Waals surface area contributed by atoms with Gasteiger partial charge in [0.15, 0.2) is 0 Å². The molecule has 0 fully saturated rings. The van der Waals surface area contributed by atoms with Crippen molar-refractivity contribution in [1.29, 1.82) is 0 Å². The number of nitrogens with zero attached hydrogens (tertiary/aromatic N) is 5. The highest BCUT2D eigenvalue weighted by molar-refractivity contribution is 5.36. The molecule has 2 aromatic heterocycles. The number of benzene rings is 1. The summed E-state index contributed by atoms with van der Waals surface area (Å²) >= 11 is 0. The number of fused-ring (bicyclic) bond motifs is 1. The first-order valence-corrected chi connectivity index (χ1v) is 8.19. The lowest BCUT2D eigenvalue weighted by molar-refractivity contribution is 0.207. The molecule has 0 saturated carbocycles. The molecule has 1 aliphatic heterocycles. The summed E-state index contributed by atoms with van der Waals surface area (Å²) in [6, 6.07) is 11.3. The molecule has 0 unspecified atom stereocenters. The van der Waals surface area contributed by atoms with Gasteiger partial charge in [0.05, 0.1) is 19.3 Å². The maximum atomic E-state index is 12.6. The van der Waals surface area contributed by atoms with Gasteiger partial charge in [-0.05, 0) is 35.9 Å². The van der Waals surface area contributed by atoms with Crippen LogP contribution in [-0.4, -0.2) is 37.9 Å². The van der Waals surface area contributed by atoms with Crippen LogP contribution in [-0.2, 0) is 19.6 Å². The highest BCUT2D eigenvalue weighted by Crippen LogP contribution is 2.16. The Morgan fingerprint density at radius 1 is 1.16 bits per heavy atom. The van der Waals surface area contributed by atoms with Crippen molar-refractivity contribution >= 4 is 0 Å². The first kappa shape index (κ1) is 15.6. The summed E-state index contributed by atoms with van der Waals surface area (Å²) in [6.07, 6.45) is 3.64. The Hall–Kier alpha value is -2.93. The van der Waals surface area contributed by atoms with E-state index in [-0.39, 0.29) is 5.69 Å². The van der Waals surface area contributed by atoms with E-state index in [0.29, 0.717) is 13.1 Å². The Labute approximate surface area is 145 Å². The molecule has 1 aliphatic rings. The van der Waals surface area contributed by atoms with Crippen LogP contribution in [0.4, 0.5) is 0 Å². The van der Waals surface area contributed by atoms with Gasteiger partial charge >= 0.3 is 5.69 Å². The Morgan fingerprint density at radius 3 is 2.72 bits per heavy atom. The van der Waals surface area contributed by atoms with Crippen LogP contribution in [0.2, 0.25) is 0 Å². The number of pyridine rings is 1. The largest absolute Gasteiger partial charge is 0.497 e. The van der Waals surface area contributed by atoms with E-state index < -0.39 is 0 Å². The maximum Gasteiger partial charge on any atom is 0.350 e. The molecule has 0 aliphatic carbocycles. The molecule has 0 bridgehead atoms. The predicted molar refractivity (Wildman–Crippen MR) is 92.7 cm³/mol. The minimum absolute atomic E-state index is 0.0961. The molecular weight excluding hydrogens is 318 g/mol. The summed E-state index contributed by atoms with van der Waals surface area (Å²) in [6.45, 7) is 2.91. The van der Waals surface area contributed by atoms with E-state index in [2.05, 4.69) is 21.0 Å². The molecule has 3 heterocycles. The average molecular weight is 337 g/mol. The molecule has 0 radical (unpaired) electrons. The fraction of sp³-hybridized carbons (Fsp3) is 0.278. The predicted octanol–water partition coefficient (Wildman–Crippen LogP) is 1.45. The molecule has 7 nitrogen and oxygen atoms in total. The quantitative estimate of drug-likeness (QED) is 0.721. The summed E-state index contributed by atoms with van der Waals surface area (Å²) in [7, 11) is 1.62. The maximum absolute atomic E-state index is 12.6. The van der Waals surface area contributed by atoms with Gasteiger partial charge in [-0.15, -0.1) is 5.10 Å². The molecule has 4 rings (SSSR count). The summed E-state index contributed by atoms with van der Waals surface area (Å²) in [5, 5.41) is 4.54. The van der Waals surface area contributed by atoms with Crippen LogP contribution in [0.25, 0.3) is 5.69 Å². The van der Waals surface area contributed by atoms with Crippen LogP contribution in [0.1, 0.15) is 11.4 Å². The third-order valence-corrected chi connectivity index (χ3v) is 4.39. The van der Waals surface area contributed by atoms with E-state index in [0.717, 1.165) is 35.9 Å². The molecule has 1 aromatic carbocycles. The molecule has 0 saturated heterocycles. The normalized spacial score (nSPS) is 14.3. The van der Waals surface area contributed by atoms with E-state index >= 15 is 0 Å². The van der Waals surface area contributed by atoms with Gasteiger partial charge in [0.2, 0.25) is 0 Å². The summed E-state index contributed by atoms with van der Waals surface area (Å²) in [5.74, 6) is 1.54. The summed E-state index contributed by atoms with van der Waals surface area (Å²) in [4.78, 5) is 19.1. The number of hydrogen-bond donors (Lipinski definition) is 0. The van der Waals surface area contributed by atoms with E-state index in [1.165, 1.54) is 4.68 Å². The van der Waals surface area contributed by atoms with Gasteiger partial charge in [0.25, 0.3) is 0 Å². The van der Waals surface area contributed by atoms with Crippen LogP contribution >= 0.6 is 0 Å². The number of aromatic nitrogens is 4. The van der Waals surface area contributed by atoms with Crippen molar-refractivity contribution in [1.82, 2.24) is 24.2 Å². The van der Waals surface area contributed by atoms with E-state index in [1.807, 2.05) is 36.5 Å². The lowest BCUT2D eigenvalue weighted by atomic mass is 10.2. The number of rotatable bonds is 4. The zero-order valence-corrected chi connectivity index (χ0v) is 14.0. The smallest absolute Gasteiger partial charge is 0.350 e. The van der Waals surface area contributed by atoms with Crippen molar-refractivity contribution in [2.45, 2.75) is 19.6 Å². The molecule has 3 aromatic rings. The van der Waals surface area contributed by atoms with Crippen LogP contribution in [0.5, 0.6) is 5.75 Å². The zero-order valence-electron chi connectivity index (χ0n) is 14.0. The number of methoxy groups -OCH3 is 1. The second-order valence-electron chi connectivity index (χ2n) is 6.03. The van der Waals surface area contributed by atoms with Crippen molar-refractivity contribution in [2.24, 2.45) is 0 Å². The molecule has 0 spiro atoms. The van der Waals surface area contributed by atoms with Crippen molar-refractivity contribution in [3.63, 3.8) is 0 Å². The Balaban J connectivity index is 1.58. The first-order valence-electron chi connectivity index (χ1n) is 8.19. The fourth-order valence-corrected chi connectivity index (χ4v) is 3.08. The molecule has 7 heteroatoms. The zero-order chi connectivity index (χ0) is 17.2. The molecule has 0 atom stereocenters. The minimum Gasteiger partial charge on any atom is -0.497 e. The minimum atomic E-state index is -0.0961. The van der Waals surface area contributed by atoms with E-state index in [4.69, 9.17) is 4.74 Å². The van der Waals surface area contributed by atoms with Crippen molar-refractivity contribution in [3.05, 3.63) is 70.7 Å². The monoisotopic (exact) mass is 337 g/mol. The van der Waals surface area contributed by atoms with E-state index in [1.54, 1.807) is 17.9 Å². The molecule has 128 valence electrons. The van der Waals surface area contributed by atoms with Crippen molar-refractivity contribution < 1.29 is 4.74 Å². The molecular formula is C18H19N5O2. The van der Waals surface area contributed by atoms with Gasteiger partial charge in [-0.25, -0.2) is 4.79 Å². The summed E-state index contributed by atoms with van der Waals surface area (Å²) in [5.41, 5.74) is 1.81. The second-order valence-corrected chi connectivity index (χ2v) is 6.03. The first-order chi connectivity index (χ1) is 12.2. The second kappa shape index (κ2) is 6.52. The lowest BCUT2D eigenvalue weighted by Gasteiger charge is -2.26. The molecule has 0 amide bonds. The van der Waals surface area contributed by atoms with Crippen molar-refractivity contribution in [2.75, 3.05) is 13.7 Å².